The van der Waals surface area contributed by atoms with Gasteiger partial charge >= 0.3 is 0 Å². The summed E-state index contributed by atoms with van der Waals surface area (Å²) in [6.07, 6.45) is 1.65. The lowest BCUT2D eigenvalue weighted by molar-refractivity contribution is -0.384. The predicted octanol–water partition coefficient (Wildman–Crippen LogP) is 3.97. The minimum absolute atomic E-state index is 0.0138. The molecule has 0 saturated heterocycles. The van der Waals surface area contributed by atoms with Crippen molar-refractivity contribution in [1.82, 2.24) is 0 Å². The van der Waals surface area contributed by atoms with Gasteiger partial charge < -0.3 is 0 Å². The molecule has 0 saturated carbocycles. The first-order chi connectivity index (χ1) is 9.60. The first-order valence-electron chi connectivity index (χ1n) is 6.03. The molecule has 98 valence electrons. The Hall–Kier alpha value is -2.93. The van der Waals surface area contributed by atoms with E-state index in [-0.39, 0.29) is 5.69 Å². The van der Waals surface area contributed by atoms with Gasteiger partial charge in [0.15, 0.2) is 0 Å². The zero-order valence-corrected chi connectivity index (χ0v) is 10.9. The molecule has 2 aromatic rings. The number of hydrogen-bond donors (Lipinski definition) is 0. The maximum atomic E-state index is 10.7. The van der Waals surface area contributed by atoms with E-state index in [0.717, 1.165) is 11.1 Å². The van der Waals surface area contributed by atoms with E-state index in [1.165, 1.54) is 12.1 Å². The molecule has 0 aliphatic carbocycles. The van der Waals surface area contributed by atoms with Crippen LogP contribution in [0.3, 0.4) is 0 Å². The Morgan fingerprint density at radius 3 is 2.55 bits per heavy atom. The fourth-order valence-electron chi connectivity index (χ4n) is 1.81. The molecule has 20 heavy (non-hydrogen) atoms. The first-order valence-corrected chi connectivity index (χ1v) is 6.03. The summed E-state index contributed by atoms with van der Waals surface area (Å²) >= 11 is 0. The number of benzene rings is 2. The van der Waals surface area contributed by atoms with Crippen LogP contribution in [0.4, 0.5) is 5.69 Å². The van der Waals surface area contributed by atoms with Crippen molar-refractivity contribution in [3.63, 3.8) is 0 Å². The third-order valence-corrected chi connectivity index (χ3v) is 2.88. The Morgan fingerprint density at radius 1 is 1.25 bits per heavy atom. The number of aryl methyl sites for hydroxylation is 1. The van der Waals surface area contributed by atoms with Gasteiger partial charge in [0.25, 0.3) is 5.69 Å². The Labute approximate surface area is 116 Å². The molecule has 0 radical (unpaired) electrons. The van der Waals surface area contributed by atoms with Gasteiger partial charge in [-0.1, -0.05) is 42.0 Å². The molecule has 0 atom stereocenters. The lowest BCUT2D eigenvalue weighted by Crippen LogP contribution is -1.88. The van der Waals surface area contributed by atoms with Crippen LogP contribution in [0, 0.1) is 28.4 Å². The van der Waals surface area contributed by atoms with Crippen molar-refractivity contribution < 1.29 is 4.92 Å². The van der Waals surface area contributed by atoms with Crippen LogP contribution in [0.25, 0.3) is 11.6 Å². The van der Waals surface area contributed by atoms with E-state index < -0.39 is 4.92 Å². The average Bonchev–Trinajstić information content (AvgIpc) is 2.46. The summed E-state index contributed by atoms with van der Waals surface area (Å²) in [6, 6.07) is 15.9. The molecule has 0 N–H and O–H groups in total. The van der Waals surface area contributed by atoms with Gasteiger partial charge in [-0.15, -0.1) is 0 Å². The molecule has 4 heteroatoms. The third kappa shape index (κ3) is 3.09. The van der Waals surface area contributed by atoms with Crippen LogP contribution < -0.4 is 0 Å². The SMILES string of the molecule is Cc1ccc(/C(C#N)=C\c2cccc([N+](=O)[O-])c2)cc1. The number of rotatable bonds is 3. The van der Waals surface area contributed by atoms with Gasteiger partial charge in [0.05, 0.1) is 16.6 Å². The van der Waals surface area contributed by atoms with Gasteiger partial charge in [-0.2, -0.15) is 5.26 Å². The average molecular weight is 264 g/mol. The summed E-state index contributed by atoms with van der Waals surface area (Å²) in [5.74, 6) is 0. The summed E-state index contributed by atoms with van der Waals surface area (Å²) < 4.78 is 0. The second kappa shape index (κ2) is 5.81. The molecular formula is C16H12N2O2. The highest BCUT2D eigenvalue weighted by Crippen LogP contribution is 2.20. The summed E-state index contributed by atoms with van der Waals surface area (Å²) in [7, 11) is 0. The maximum Gasteiger partial charge on any atom is 0.270 e. The smallest absolute Gasteiger partial charge is 0.258 e. The quantitative estimate of drug-likeness (QED) is 0.364. The summed E-state index contributed by atoms with van der Waals surface area (Å²) in [4.78, 5) is 10.3. The lowest BCUT2D eigenvalue weighted by atomic mass is 10.0. The van der Waals surface area contributed by atoms with E-state index in [1.54, 1.807) is 18.2 Å². The molecule has 2 aromatic carbocycles. The summed E-state index contributed by atoms with van der Waals surface area (Å²) in [5, 5.41) is 20.0. The lowest BCUT2D eigenvalue weighted by Gasteiger charge is -2.01. The molecule has 0 fully saturated rings. The van der Waals surface area contributed by atoms with Gasteiger partial charge in [0, 0.05) is 12.1 Å². The number of hydrogen-bond acceptors (Lipinski definition) is 3. The molecule has 2 rings (SSSR count). The van der Waals surface area contributed by atoms with Crippen molar-refractivity contribution in [3.8, 4) is 6.07 Å². The van der Waals surface area contributed by atoms with Crippen LogP contribution in [-0.4, -0.2) is 4.92 Å². The fourth-order valence-corrected chi connectivity index (χ4v) is 1.81. The number of nitro benzene ring substituents is 1. The number of nitro groups is 1. The second-order valence-electron chi connectivity index (χ2n) is 4.39. The van der Waals surface area contributed by atoms with E-state index in [1.807, 2.05) is 31.2 Å². The first kappa shape index (κ1) is 13.5. The monoisotopic (exact) mass is 264 g/mol. The van der Waals surface area contributed by atoms with E-state index in [4.69, 9.17) is 0 Å². The van der Waals surface area contributed by atoms with Gasteiger partial charge in [-0.3, -0.25) is 10.1 Å². The minimum atomic E-state index is -0.449. The highest BCUT2D eigenvalue weighted by atomic mass is 16.6. The topological polar surface area (TPSA) is 66.9 Å². The summed E-state index contributed by atoms with van der Waals surface area (Å²) in [5.41, 5.74) is 3.03. The third-order valence-electron chi connectivity index (χ3n) is 2.88. The minimum Gasteiger partial charge on any atom is -0.258 e. The molecule has 0 spiro atoms. The highest BCUT2D eigenvalue weighted by Gasteiger charge is 2.06. The maximum absolute atomic E-state index is 10.7. The van der Waals surface area contributed by atoms with Crippen molar-refractivity contribution in [2.75, 3.05) is 0 Å². The number of nitrogens with zero attached hydrogens (tertiary/aromatic N) is 2. The van der Waals surface area contributed by atoms with E-state index in [9.17, 15) is 15.4 Å². The zero-order valence-electron chi connectivity index (χ0n) is 10.9. The van der Waals surface area contributed by atoms with Crippen molar-refractivity contribution in [3.05, 3.63) is 75.3 Å². The molecule has 0 aliphatic heterocycles. The molecular weight excluding hydrogens is 252 g/mol. The Balaban J connectivity index is 2.41. The van der Waals surface area contributed by atoms with Crippen LogP contribution >= 0.6 is 0 Å². The molecule has 0 heterocycles. The predicted molar refractivity (Wildman–Crippen MR) is 77.8 cm³/mol. The summed E-state index contributed by atoms with van der Waals surface area (Å²) in [6.45, 7) is 1.97. The van der Waals surface area contributed by atoms with Crippen molar-refractivity contribution in [2.24, 2.45) is 0 Å². The number of nitriles is 1. The van der Waals surface area contributed by atoms with Crippen LogP contribution in [0.15, 0.2) is 48.5 Å². The second-order valence-corrected chi connectivity index (χ2v) is 4.39. The van der Waals surface area contributed by atoms with Gasteiger partial charge in [-0.25, -0.2) is 0 Å². The number of non-ortho nitro benzene ring substituents is 1. The molecule has 0 bridgehead atoms. The molecule has 0 aromatic heterocycles. The van der Waals surface area contributed by atoms with E-state index in [2.05, 4.69) is 6.07 Å². The molecule has 0 unspecified atom stereocenters. The van der Waals surface area contributed by atoms with E-state index in [0.29, 0.717) is 11.1 Å². The van der Waals surface area contributed by atoms with Gasteiger partial charge in [0.1, 0.15) is 0 Å². The van der Waals surface area contributed by atoms with Crippen molar-refractivity contribution in [1.29, 1.82) is 5.26 Å². The molecule has 4 nitrogen and oxygen atoms in total. The van der Waals surface area contributed by atoms with Crippen LogP contribution in [0.5, 0.6) is 0 Å². The zero-order chi connectivity index (χ0) is 14.5. The highest BCUT2D eigenvalue weighted by molar-refractivity contribution is 5.89. The number of allylic oxidation sites excluding steroid dienone is 1. The fraction of sp³-hybridized carbons (Fsp3) is 0.0625. The van der Waals surface area contributed by atoms with Crippen LogP contribution in [0.2, 0.25) is 0 Å². The van der Waals surface area contributed by atoms with Crippen LogP contribution in [0.1, 0.15) is 16.7 Å². The van der Waals surface area contributed by atoms with E-state index >= 15 is 0 Å². The molecule has 0 aliphatic rings. The largest absolute Gasteiger partial charge is 0.270 e. The Morgan fingerprint density at radius 2 is 1.95 bits per heavy atom. The van der Waals surface area contributed by atoms with Gasteiger partial charge in [0.2, 0.25) is 0 Å². The van der Waals surface area contributed by atoms with Crippen molar-refractivity contribution >= 4 is 17.3 Å². The van der Waals surface area contributed by atoms with Gasteiger partial charge in [-0.05, 0) is 24.1 Å². The Bertz CT molecular complexity index is 710. The standard InChI is InChI=1S/C16H12N2O2/c1-12-5-7-14(8-6-12)15(11-17)9-13-3-2-4-16(10-13)18(19)20/h2-10H,1H3/b15-9-. The van der Waals surface area contributed by atoms with Crippen LogP contribution in [-0.2, 0) is 0 Å². The normalized spacial score (nSPS) is 10.9. The Kier molecular flexibility index (Phi) is 3.92. The van der Waals surface area contributed by atoms with Crippen molar-refractivity contribution in [2.45, 2.75) is 6.92 Å². The molecule has 0 amide bonds.